The van der Waals surface area contributed by atoms with Crippen molar-refractivity contribution in [2.75, 3.05) is 18.6 Å². The molecule has 92 valence electrons. The normalized spacial score (nSPS) is 11.8. The van der Waals surface area contributed by atoms with Crippen LogP contribution in [0.4, 0.5) is 0 Å². The minimum Gasteiger partial charge on any atom is -0.497 e. The van der Waals surface area contributed by atoms with Gasteiger partial charge in [0, 0.05) is 16.4 Å². The number of ether oxygens (including phenoxy) is 1. The third-order valence-electron chi connectivity index (χ3n) is 1.97. The first-order chi connectivity index (χ1) is 8.02. The summed E-state index contributed by atoms with van der Waals surface area (Å²) in [6.45, 7) is 0. The second-order valence-corrected chi connectivity index (χ2v) is 4.73. The van der Waals surface area contributed by atoms with Gasteiger partial charge in [0.05, 0.1) is 12.9 Å². The fraction of sp³-hybridized carbons (Fsp3) is 0.273. The molecule has 1 unspecified atom stereocenters. The maximum Gasteiger partial charge on any atom is 0.316 e. The Bertz CT molecular complexity index is 455. The maximum absolute atomic E-state index is 11.7. The molecule has 1 aromatic rings. The van der Waals surface area contributed by atoms with Crippen LogP contribution in [0.5, 0.6) is 5.75 Å². The van der Waals surface area contributed by atoms with Gasteiger partial charge in [-0.2, -0.15) is 0 Å². The van der Waals surface area contributed by atoms with Gasteiger partial charge in [-0.05, 0) is 12.1 Å². The van der Waals surface area contributed by atoms with Crippen LogP contribution in [0.3, 0.4) is 0 Å². The molecule has 0 fully saturated rings. The lowest BCUT2D eigenvalue weighted by molar-refractivity contribution is -0.133. The summed E-state index contributed by atoms with van der Waals surface area (Å²) in [7, 11) is -0.201. The van der Waals surface area contributed by atoms with Gasteiger partial charge in [-0.3, -0.25) is 13.8 Å². The van der Waals surface area contributed by atoms with Crippen molar-refractivity contribution in [1.82, 2.24) is 0 Å². The van der Waals surface area contributed by atoms with Crippen LogP contribution in [0.25, 0.3) is 0 Å². The van der Waals surface area contributed by atoms with Gasteiger partial charge in [-0.25, -0.2) is 0 Å². The number of carboxylic acids is 1. The Balaban J connectivity index is 2.69. The highest BCUT2D eigenvalue weighted by Gasteiger charge is 2.13. The highest BCUT2D eigenvalue weighted by atomic mass is 32.2. The number of hydrogen-bond donors (Lipinski definition) is 1. The number of aliphatic carboxylic acids is 1. The summed E-state index contributed by atoms with van der Waals surface area (Å²) >= 11 is 0. The van der Waals surface area contributed by atoms with Crippen LogP contribution < -0.4 is 4.74 Å². The molecule has 0 amide bonds. The fourth-order valence-electron chi connectivity index (χ4n) is 1.21. The molecule has 0 spiro atoms. The molecule has 0 aliphatic heterocycles. The zero-order valence-electron chi connectivity index (χ0n) is 9.21. The van der Waals surface area contributed by atoms with E-state index in [0.29, 0.717) is 11.3 Å². The van der Waals surface area contributed by atoms with Crippen molar-refractivity contribution in [3.8, 4) is 5.75 Å². The van der Waals surface area contributed by atoms with Crippen LogP contribution in [0, 0.1) is 0 Å². The van der Waals surface area contributed by atoms with Crippen molar-refractivity contribution in [3.05, 3.63) is 29.8 Å². The minimum absolute atomic E-state index is 0.292. The molecule has 1 atom stereocenters. The molecule has 1 rings (SSSR count). The Morgan fingerprint density at radius 2 is 2.06 bits per heavy atom. The number of methoxy groups -OCH3 is 1. The van der Waals surface area contributed by atoms with Gasteiger partial charge in [0.1, 0.15) is 11.5 Å². The number of carboxylic acid groups (broad SMARTS) is 1. The molecule has 0 aliphatic rings. The summed E-state index contributed by atoms with van der Waals surface area (Å²) in [5, 5.41) is 8.43. The van der Waals surface area contributed by atoms with Crippen molar-refractivity contribution < 1.29 is 23.6 Å². The first-order valence-corrected chi connectivity index (χ1v) is 6.25. The SMILES string of the molecule is COc1cccc(C(=O)CS(=O)CC(=O)O)c1. The third kappa shape index (κ3) is 4.36. The molecule has 5 nitrogen and oxygen atoms in total. The van der Waals surface area contributed by atoms with Crippen molar-refractivity contribution in [2.45, 2.75) is 0 Å². The molecule has 0 heterocycles. The summed E-state index contributed by atoms with van der Waals surface area (Å²) in [6, 6.07) is 6.43. The summed E-state index contributed by atoms with van der Waals surface area (Å²) < 4.78 is 16.2. The fourth-order valence-corrected chi connectivity index (χ4v) is 2.05. The van der Waals surface area contributed by atoms with E-state index in [-0.39, 0.29) is 11.5 Å². The number of carbonyl (C=O) groups is 2. The molecule has 0 saturated carbocycles. The first-order valence-electron chi connectivity index (χ1n) is 4.77. The maximum atomic E-state index is 11.7. The van der Waals surface area contributed by atoms with Crippen LogP contribution in [0.15, 0.2) is 24.3 Å². The molecule has 17 heavy (non-hydrogen) atoms. The highest BCUT2D eigenvalue weighted by Crippen LogP contribution is 2.13. The van der Waals surface area contributed by atoms with E-state index in [1.54, 1.807) is 18.2 Å². The smallest absolute Gasteiger partial charge is 0.316 e. The number of rotatable bonds is 6. The van der Waals surface area contributed by atoms with E-state index in [4.69, 9.17) is 9.84 Å². The summed E-state index contributed by atoms with van der Waals surface area (Å²) in [5.41, 5.74) is 0.364. The van der Waals surface area contributed by atoms with E-state index in [1.165, 1.54) is 13.2 Å². The van der Waals surface area contributed by atoms with Crippen molar-refractivity contribution in [3.63, 3.8) is 0 Å². The first kappa shape index (κ1) is 13.4. The van der Waals surface area contributed by atoms with E-state index in [0.717, 1.165) is 0 Å². The van der Waals surface area contributed by atoms with Crippen LogP contribution in [-0.2, 0) is 15.6 Å². The van der Waals surface area contributed by atoms with Crippen molar-refractivity contribution >= 4 is 22.6 Å². The number of carbonyl (C=O) groups excluding carboxylic acids is 1. The molecule has 0 radical (unpaired) electrons. The summed E-state index contributed by atoms with van der Waals surface area (Å²) in [4.78, 5) is 22.0. The zero-order chi connectivity index (χ0) is 12.8. The van der Waals surface area contributed by atoms with Gasteiger partial charge in [0.15, 0.2) is 5.78 Å². The van der Waals surface area contributed by atoms with E-state index in [2.05, 4.69) is 0 Å². The van der Waals surface area contributed by atoms with E-state index < -0.39 is 22.5 Å². The lowest BCUT2D eigenvalue weighted by atomic mass is 10.1. The van der Waals surface area contributed by atoms with Gasteiger partial charge >= 0.3 is 5.97 Å². The summed E-state index contributed by atoms with van der Waals surface area (Å²) in [6.07, 6.45) is 0. The van der Waals surface area contributed by atoms with E-state index in [9.17, 15) is 13.8 Å². The number of ketones is 1. The molecule has 0 aromatic heterocycles. The Hall–Kier alpha value is -1.69. The van der Waals surface area contributed by atoms with E-state index >= 15 is 0 Å². The minimum atomic E-state index is -1.68. The molecular formula is C11H12O5S. The lowest BCUT2D eigenvalue weighted by Gasteiger charge is -2.03. The number of benzene rings is 1. The second-order valence-electron chi connectivity index (χ2n) is 3.28. The molecule has 0 bridgehead atoms. The van der Waals surface area contributed by atoms with Crippen LogP contribution in [-0.4, -0.2) is 39.7 Å². The molecule has 1 N–H and O–H groups in total. The van der Waals surface area contributed by atoms with Crippen molar-refractivity contribution in [1.29, 1.82) is 0 Å². The quantitative estimate of drug-likeness (QED) is 0.758. The second kappa shape index (κ2) is 6.15. The van der Waals surface area contributed by atoms with Gasteiger partial charge in [0.2, 0.25) is 0 Å². The molecule has 1 aromatic carbocycles. The molecule has 0 aliphatic carbocycles. The predicted octanol–water partition coefficient (Wildman–Crippen LogP) is 0.711. The standard InChI is InChI=1S/C11H12O5S/c1-16-9-4-2-3-8(5-9)10(12)6-17(15)7-11(13)14/h2-5H,6-7H2,1H3,(H,13,14). The van der Waals surface area contributed by atoms with Crippen LogP contribution in [0.2, 0.25) is 0 Å². The van der Waals surface area contributed by atoms with Gasteiger partial charge in [0.25, 0.3) is 0 Å². The number of hydrogen-bond acceptors (Lipinski definition) is 4. The predicted molar refractivity (Wildman–Crippen MR) is 62.8 cm³/mol. The van der Waals surface area contributed by atoms with Crippen molar-refractivity contribution in [2.24, 2.45) is 0 Å². The largest absolute Gasteiger partial charge is 0.497 e. The van der Waals surface area contributed by atoms with Crippen LogP contribution >= 0.6 is 0 Å². The van der Waals surface area contributed by atoms with Gasteiger partial charge in [-0.1, -0.05) is 12.1 Å². The third-order valence-corrected chi connectivity index (χ3v) is 3.12. The Kier molecular flexibility index (Phi) is 4.84. The highest BCUT2D eigenvalue weighted by molar-refractivity contribution is 7.86. The average molecular weight is 256 g/mol. The van der Waals surface area contributed by atoms with Gasteiger partial charge < -0.3 is 9.84 Å². The Labute approximate surface area is 101 Å². The summed E-state index contributed by atoms with van der Waals surface area (Å²) in [5.74, 6) is -1.82. The Morgan fingerprint density at radius 1 is 1.35 bits per heavy atom. The molecular weight excluding hydrogens is 244 g/mol. The average Bonchev–Trinajstić information content (AvgIpc) is 2.27. The van der Waals surface area contributed by atoms with Crippen LogP contribution in [0.1, 0.15) is 10.4 Å². The van der Waals surface area contributed by atoms with Gasteiger partial charge in [-0.15, -0.1) is 0 Å². The topological polar surface area (TPSA) is 80.7 Å². The molecule has 6 heteroatoms. The zero-order valence-corrected chi connectivity index (χ0v) is 10.0. The van der Waals surface area contributed by atoms with E-state index in [1.807, 2.05) is 0 Å². The molecule has 0 saturated heterocycles. The lowest BCUT2D eigenvalue weighted by Crippen LogP contribution is -2.17. The Morgan fingerprint density at radius 3 is 2.65 bits per heavy atom. The number of Topliss-reactive ketones (excluding diaryl/α,β-unsaturated/α-hetero) is 1. The monoisotopic (exact) mass is 256 g/mol.